The Kier molecular flexibility index (Phi) is 6.13. The lowest BCUT2D eigenvalue weighted by atomic mass is 9.89. The average molecular weight is 445 g/mol. The molecule has 5 nitrogen and oxygen atoms in total. The van der Waals surface area contributed by atoms with Gasteiger partial charge in [-0.1, -0.05) is 50.2 Å². The maximum atomic E-state index is 13.3. The van der Waals surface area contributed by atoms with Crippen molar-refractivity contribution in [1.29, 1.82) is 0 Å². The molecule has 0 saturated carbocycles. The van der Waals surface area contributed by atoms with E-state index in [9.17, 15) is 4.79 Å². The third-order valence-corrected chi connectivity index (χ3v) is 7.53. The third-order valence-electron chi connectivity index (χ3n) is 7.53. The molecule has 2 aliphatic rings. The molecule has 2 aromatic carbocycles. The van der Waals surface area contributed by atoms with Gasteiger partial charge in [0.2, 0.25) is 11.9 Å². The first-order valence-corrected chi connectivity index (χ1v) is 12.5. The van der Waals surface area contributed by atoms with Crippen molar-refractivity contribution in [2.75, 3.05) is 31.1 Å². The third kappa shape index (κ3) is 4.50. The fourth-order valence-corrected chi connectivity index (χ4v) is 5.85. The van der Waals surface area contributed by atoms with Gasteiger partial charge in [-0.05, 0) is 61.3 Å². The number of amides is 1. The summed E-state index contributed by atoms with van der Waals surface area (Å²) in [6, 6.07) is 17.0. The van der Waals surface area contributed by atoms with Crippen LogP contribution in [0.3, 0.4) is 0 Å². The van der Waals surface area contributed by atoms with Gasteiger partial charge < -0.3 is 14.4 Å². The number of nitrogens with zero attached hydrogens (tertiary/aromatic N) is 4. The number of benzene rings is 2. The highest BCUT2D eigenvalue weighted by molar-refractivity contribution is 5.80. The fourth-order valence-electron chi connectivity index (χ4n) is 5.85. The predicted molar refractivity (Wildman–Crippen MR) is 134 cm³/mol. The number of likely N-dealkylation sites (tertiary alicyclic amines) is 1. The normalized spacial score (nSPS) is 22.2. The molecule has 2 atom stereocenters. The zero-order chi connectivity index (χ0) is 22.9. The van der Waals surface area contributed by atoms with E-state index >= 15 is 0 Å². The van der Waals surface area contributed by atoms with Gasteiger partial charge in [0.25, 0.3) is 0 Å². The second-order valence-electron chi connectivity index (χ2n) is 10.4. The van der Waals surface area contributed by atoms with Crippen molar-refractivity contribution in [3.8, 4) is 0 Å². The van der Waals surface area contributed by atoms with Crippen molar-refractivity contribution in [2.24, 2.45) is 17.8 Å². The molecule has 2 aliphatic heterocycles. The molecule has 0 spiro atoms. The average Bonchev–Trinajstić information content (AvgIpc) is 3.18. The van der Waals surface area contributed by atoms with Gasteiger partial charge in [0.1, 0.15) is 0 Å². The summed E-state index contributed by atoms with van der Waals surface area (Å²) < 4.78 is 2.35. The van der Waals surface area contributed by atoms with Gasteiger partial charge in [-0.15, -0.1) is 0 Å². The minimum Gasteiger partial charge on any atom is -0.342 e. The van der Waals surface area contributed by atoms with E-state index in [1.165, 1.54) is 23.1 Å². The van der Waals surface area contributed by atoms with Gasteiger partial charge in [-0.25, -0.2) is 4.98 Å². The van der Waals surface area contributed by atoms with Gasteiger partial charge in [0, 0.05) is 32.1 Å². The Morgan fingerprint density at radius 1 is 0.970 bits per heavy atom. The van der Waals surface area contributed by atoms with E-state index in [1.54, 1.807) is 0 Å². The largest absolute Gasteiger partial charge is 0.342 e. The molecule has 2 saturated heterocycles. The Hall–Kier alpha value is -2.82. The van der Waals surface area contributed by atoms with Crippen molar-refractivity contribution in [3.05, 3.63) is 59.7 Å². The van der Waals surface area contributed by atoms with Crippen LogP contribution in [0.5, 0.6) is 0 Å². The van der Waals surface area contributed by atoms with Crippen molar-refractivity contribution in [3.63, 3.8) is 0 Å². The Morgan fingerprint density at radius 2 is 1.64 bits per heavy atom. The van der Waals surface area contributed by atoms with Crippen LogP contribution in [-0.4, -0.2) is 46.5 Å². The van der Waals surface area contributed by atoms with Crippen molar-refractivity contribution >= 4 is 22.9 Å². The summed E-state index contributed by atoms with van der Waals surface area (Å²) in [6.45, 7) is 11.2. The van der Waals surface area contributed by atoms with Crippen LogP contribution < -0.4 is 4.90 Å². The first-order valence-electron chi connectivity index (χ1n) is 12.5. The van der Waals surface area contributed by atoms with Crippen LogP contribution in [0.1, 0.15) is 44.2 Å². The van der Waals surface area contributed by atoms with Crippen molar-refractivity contribution < 1.29 is 4.79 Å². The van der Waals surface area contributed by atoms with Crippen LogP contribution in [-0.2, 0) is 11.3 Å². The number of fused-ring (bicyclic) bond motifs is 1. The maximum Gasteiger partial charge on any atom is 0.225 e. The fraction of sp³-hybridized carbons (Fsp3) is 0.500. The first-order chi connectivity index (χ1) is 16.0. The molecule has 5 rings (SSSR count). The van der Waals surface area contributed by atoms with E-state index in [-0.39, 0.29) is 5.92 Å². The van der Waals surface area contributed by atoms with Gasteiger partial charge in [-0.3, -0.25) is 4.79 Å². The second-order valence-corrected chi connectivity index (χ2v) is 10.4. The molecule has 2 fully saturated rings. The second kappa shape index (κ2) is 9.20. The number of para-hydroxylation sites is 2. The number of carbonyl (C=O) groups excluding carboxylic acids is 1. The van der Waals surface area contributed by atoms with Crippen LogP contribution in [0, 0.1) is 24.7 Å². The summed E-state index contributed by atoms with van der Waals surface area (Å²) in [5.41, 5.74) is 4.83. The molecule has 174 valence electrons. The van der Waals surface area contributed by atoms with Gasteiger partial charge in [0.15, 0.2) is 0 Å². The highest BCUT2D eigenvalue weighted by Crippen LogP contribution is 2.30. The van der Waals surface area contributed by atoms with E-state index in [0.29, 0.717) is 17.7 Å². The summed E-state index contributed by atoms with van der Waals surface area (Å²) in [7, 11) is 0. The van der Waals surface area contributed by atoms with Gasteiger partial charge in [0.05, 0.1) is 17.6 Å². The van der Waals surface area contributed by atoms with Crippen molar-refractivity contribution in [1.82, 2.24) is 14.5 Å². The highest BCUT2D eigenvalue weighted by atomic mass is 16.2. The zero-order valence-corrected chi connectivity index (χ0v) is 20.2. The lowest BCUT2D eigenvalue weighted by Gasteiger charge is -2.39. The number of piperidine rings is 2. The number of aryl methyl sites for hydroxylation is 1. The Bertz CT molecular complexity index is 1120. The van der Waals surface area contributed by atoms with E-state index in [2.05, 4.69) is 83.7 Å². The molecule has 2 unspecified atom stereocenters. The van der Waals surface area contributed by atoms with E-state index in [1.807, 2.05) is 0 Å². The number of imidazole rings is 1. The van der Waals surface area contributed by atoms with Gasteiger partial charge >= 0.3 is 0 Å². The summed E-state index contributed by atoms with van der Waals surface area (Å²) >= 11 is 0. The molecule has 0 radical (unpaired) electrons. The minimum atomic E-state index is 0.146. The molecular formula is C28H36N4O. The summed E-state index contributed by atoms with van der Waals surface area (Å²) in [4.78, 5) is 22.8. The standard InChI is InChI=1S/C28H36N4O/c1-20-16-21(2)18-31(17-20)27(33)23-12-14-30(15-13-23)28-29-25-10-6-7-11-26(25)32(28)19-24-9-5-4-8-22(24)3/h4-11,20-21,23H,12-19H2,1-3H3. The lowest BCUT2D eigenvalue weighted by Crippen LogP contribution is -2.48. The molecule has 0 N–H and O–H groups in total. The molecule has 1 aromatic heterocycles. The molecule has 33 heavy (non-hydrogen) atoms. The number of anilines is 1. The maximum absolute atomic E-state index is 13.3. The van der Waals surface area contributed by atoms with Crippen LogP contribution in [0.25, 0.3) is 11.0 Å². The topological polar surface area (TPSA) is 41.4 Å². The summed E-state index contributed by atoms with van der Waals surface area (Å²) in [6.07, 6.45) is 3.05. The minimum absolute atomic E-state index is 0.146. The molecule has 0 aliphatic carbocycles. The Morgan fingerprint density at radius 3 is 2.36 bits per heavy atom. The van der Waals surface area contributed by atoms with E-state index in [0.717, 1.165) is 57.0 Å². The SMILES string of the molecule is Cc1ccccc1Cn1c(N2CCC(C(=O)N3CC(C)CC(C)C3)CC2)nc2ccccc21. The van der Waals surface area contributed by atoms with Crippen LogP contribution in [0.4, 0.5) is 5.95 Å². The first kappa shape index (κ1) is 22.0. The molecular weight excluding hydrogens is 408 g/mol. The van der Waals surface area contributed by atoms with Crippen molar-refractivity contribution in [2.45, 2.75) is 46.6 Å². The Labute approximate surface area is 197 Å². The summed E-state index contributed by atoms with van der Waals surface area (Å²) in [5.74, 6) is 2.78. The van der Waals surface area contributed by atoms with E-state index in [4.69, 9.17) is 4.98 Å². The zero-order valence-electron chi connectivity index (χ0n) is 20.2. The quantitative estimate of drug-likeness (QED) is 0.561. The number of hydrogen-bond donors (Lipinski definition) is 0. The van der Waals surface area contributed by atoms with Crippen LogP contribution in [0.2, 0.25) is 0 Å². The number of rotatable bonds is 4. The molecule has 3 aromatic rings. The molecule has 5 heteroatoms. The van der Waals surface area contributed by atoms with Crippen LogP contribution >= 0.6 is 0 Å². The smallest absolute Gasteiger partial charge is 0.225 e. The van der Waals surface area contributed by atoms with Crippen LogP contribution in [0.15, 0.2) is 48.5 Å². The number of hydrogen-bond acceptors (Lipinski definition) is 3. The summed E-state index contributed by atoms with van der Waals surface area (Å²) in [5, 5.41) is 0. The van der Waals surface area contributed by atoms with E-state index < -0.39 is 0 Å². The monoisotopic (exact) mass is 444 g/mol. The predicted octanol–water partition coefficient (Wildman–Crippen LogP) is 5.11. The number of carbonyl (C=O) groups is 1. The highest BCUT2D eigenvalue weighted by Gasteiger charge is 2.33. The van der Waals surface area contributed by atoms with Gasteiger partial charge in [-0.2, -0.15) is 0 Å². The number of aromatic nitrogens is 2. The Balaban J connectivity index is 1.34. The molecule has 0 bridgehead atoms. The lowest BCUT2D eigenvalue weighted by molar-refractivity contribution is -0.138. The molecule has 3 heterocycles. The molecule has 1 amide bonds.